The molecule has 0 unspecified atom stereocenters. The molecule has 2 rings (SSSR count). The zero-order chi connectivity index (χ0) is 10.7. The number of likely N-dealkylation sites (N-methyl/N-ethyl adjacent to an activating group) is 1. The second-order valence-electron chi connectivity index (χ2n) is 4.46. The molecule has 1 heterocycles. The van der Waals surface area contributed by atoms with Crippen LogP contribution in [-0.4, -0.2) is 31.1 Å². The van der Waals surface area contributed by atoms with Gasteiger partial charge >= 0.3 is 0 Å². The van der Waals surface area contributed by atoms with E-state index in [1.165, 1.54) is 30.6 Å². The number of benzene rings is 1. The Morgan fingerprint density at radius 3 is 2.93 bits per heavy atom. The summed E-state index contributed by atoms with van der Waals surface area (Å²) in [5.74, 6) is 0. The highest BCUT2D eigenvalue weighted by atomic mass is 15.1. The Bertz CT molecular complexity index is 297. The van der Waals surface area contributed by atoms with Crippen molar-refractivity contribution in [3.05, 3.63) is 29.8 Å². The minimum absolute atomic E-state index is 0.596. The predicted molar refractivity (Wildman–Crippen MR) is 65.3 cm³/mol. The van der Waals surface area contributed by atoms with Gasteiger partial charge in [0.05, 0.1) is 0 Å². The van der Waals surface area contributed by atoms with Crippen molar-refractivity contribution in [3.8, 4) is 0 Å². The van der Waals surface area contributed by atoms with Gasteiger partial charge in [0, 0.05) is 18.3 Å². The van der Waals surface area contributed by atoms with Crippen molar-refractivity contribution in [2.45, 2.75) is 25.8 Å². The fourth-order valence-electron chi connectivity index (χ4n) is 2.33. The first-order valence-electron chi connectivity index (χ1n) is 5.82. The van der Waals surface area contributed by atoms with Gasteiger partial charge in [0.1, 0.15) is 0 Å². The average Bonchev–Trinajstić information content (AvgIpc) is 2.59. The van der Waals surface area contributed by atoms with Gasteiger partial charge in [-0.2, -0.15) is 0 Å². The molecule has 1 aliphatic heterocycles. The molecule has 0 aromatic heterocycles. The van der Waals surface area contributed by atoms with Crippen molar-refractivity contribution in [1.82, 2.24) is 4.90 Å². The maximum absolute atomic E-state index is 3.58. The molecule has 1 aromatic carbocycles. The zero-order valence-electron chi connectivity index (χ0n) is 9.66. The second-order valence-corrected chi connectivity index (χ2v) is 4.46. The predicted octanol–water partition coefficient (Wildman–Crippen LogP) is 2.37. The number of nitrogens with one attached hydrogen (secondary N) is 1. The molecule has 2 heteroatoms. The molecule has 0 aliphatic carbocycles. The van der Waals surface area contributed by atoms with E-state index in [4.69, 9.17) is 0 Å². The molecule has 0 saturated carbocycles. The van der Waals surface area contributed by atoms with Gasteiger partial charge in [-0.25, -0.2) is 0 Å². The Kier molecular flexibility index (Phi) is 3.27. The van der Waals surface area contributed by atoms with Gasteiger partial charge in [-0.05, 0) is 38.1 Å². The first-order valence-corrected chi connectivity index (χ1v) is 5.82. The number of anilines is 1. The number of hydrogen-bond donors (Lipinski definition) is 1. The number of hydrogen-bond acceptors (Lipinski definition) is 2. The summed E-state index contributed by atoms with van der Waals surface area (Å²) in [5, 5.41) is 3.58. The van der Waals surface area contributed by atoms with E-state index in [-0.39, 0.29) is 0 Å². The molecule has 0 amide bonds. The minimum Gasteiger partial charge on any atom is -0.380 e. The van der Waals surface area contributed by atoms with Gasteiger partial charge in [0.25, 0.3) is 0 Å². The van der Waals surface area contributed by atoms with Crippen LogP contribution < -0.4 is 5.32 Å². The first-order chi connectivity index (χ1) is 7.29. The molecule has 0 spiro atoms. The summed E-state index contributed by atoms with van der Waals surface area (Å²) < 4.78 is 0. The van der Waals surface area contributed by atoms with Gasteiger partial charge in [-0.15, -0.1) is 0 Å². The standard InChI is InChI=1S/C13H20N2/c1-3-8-15(2)10-12-9-11-6-4-5-7-13(11)14-12/h4-7,12,14H,3,8-10H2,1-2H3/t12-/m0/s1. The Morgan fingerprint density at radius 2 is 2.20 bits per heavy atom. The SMILES string of the molecule is CCCN(C)C[C@@H]1Cc2ccccc2N1. The number of nitrogens with zero attached hydrogens (tertiary/aromatic N) is 1. The van der Waals surface area contributed by atoms with E-state index >= 15 is 0 Å². The summed E-state index contributed by atoms with van der Waals surface area (Å²) in [4.78, 5) is 2.41. The Morgan fingerprint density at radius 1 is 1.40 bits per heavy atom. The molecule has 1 aliphatic rings. The van der Waals surface area contributed by atoms with Crippen LogP contribution in [0.5, 0.6) is 0 Å². The molecule has 1 atom stereocenters. The molecule has 0 bridgehead atoms. The maximum Gasteiger partial charge on any atom is 0.0429 e. The minimum atomic E-state index is 0.596. The van der Waals surface area contributed by atoms with Crippen molar-refractivity contribution < 1.29 is 0 Å². The van der Waals surface area contributed by atoms with Gasteiger partial charge in [0.2, 0.25) is 0 Å². The summed E-state index contributed by atoms with van der Waals surface area (Å²) in [6, 6.07) is 9.22. The third-order valence-electron chi connectivity index (χ3n) is 2.98. The molecule has 1 N–H and O–H groups in total. The highest BCUT2D eigenvalue weighted by Gasteiger charge is 2.20. The zero-order valence-corrected chi connectivity index (χ0v) is 9.66. The molecule has 0 radical (unpaired) electrons. The van der Waals surface area contributed by atoms with Crippen LogP contribution in [0.4, 0.5) is 5.69 Å². The normalized spacial score (nSPS) is 19.0. The highest BCUT2D eigenvalue weighted by Crippen LogP contribution is 2.25. The smallest absolute Gasteiger partial charge is 0.0429 e. The van der Waals surface area contributed by atoms with Crippen molar-refractivity contribution in [2.75, 3.05) is 25.5 Å². The monoisotopic (exact) mass is 204 g/mol. The van der Waals surface area contributed by atoms with E-state index in [0.29, 0.717) is 6.04 Å². The molecular formula is C13H20N2. The Balaban J connectivity index is 1.90. The van der Waals surface area contributed by atoms with Gasteiger partial charge in [0.15, 0.2) is 0 Å². The molecule has 2 nitrogen and oxygen atoms in total. The van der Waals surface area contributed by atoms with Gasteiger partial charge < -0.3 is 10.2 Å². The summed E-state index contributed by atoms with van der Waals surface area (Å²) in [5.41, 5.74) is 2.79. The fourth-order valence-corrected chi connectivity index (χ4v) is 2.33. The van der Waals surface area contributed by atoms with Crippen molar-refractivity contribution in [1.29, 1.82) is 0 Å². The van der Waals surface area contributed by atoms with Crippen molar-refractivity contribution in [3.63, 3.8) is 0 Å². The molecule has 15 heavy (non-hydrogen) atoms. The summed E-state index contributed by atoms with van der Waals surface area (Å²) >= 11 is 0. The topological polar surface area (TPSA) is 15.3 Å². The third-order valence-corrected chi connectivity index (χ3v) is 2.98. The molecule has 1 aromatic rings. The number of rotatable bonds is 4. The van der Waals surface area contributed by atoms with Crippen LogP contribution in [0, 0.1) is 0 Å². The quantitative estimate of drug-likeness (QED) is 0.810. The lowest BCUT2D eigenvalue weighted by molar-refractivity contribution is 0.320. The van der Waals surface area contributed by atoms with Crippen LogP contribution in [0.2, 0.25) is 0 Å². The summed E-state index contributed by atoms with van der Waals surface area (Å²) in [6.07, 6.45) is 2.40. The van der Waals surface area contributed by atoms with Crippen molar-refractivity contribution in [2.24, 2.45) is 0 Å². The highest BCUT2D eigenvalue weighted by molar-refractivity contribution is 5.56. The lowest BCUT2D eigenvalue weighted by Gasteiger charge is -2.20. The Labute approximate surface area is 92.3 Å². The molecule has 82 valence electrons. The lowest BCUT2D eigenvalue weighted by Crippen LogP contribution is -2.33. The fraction of sp³-hybridized carbons (Fsp3) is 0.538. The van der Waals surface area contributed by atoms with Crippen LogP contribution in [0.3, 0.4) is 0 Å². The number of fused-ring (bicyclic) bond motifs is 1. The van der Waals surface area contributed by atoms with E-state index in [2.05, 4.69) is 48.5 Å². The maximum atomic E-state index is 3.58. The van der Waals surface area contributed by atoms with Crippen LogP contribution in [0.1, 0.15) is 18.9 Å². The van der Waals surface area contributed by atoms with E-state index in [9.17, 15) is 0 Å². The van der Waals surface area contributed by atoms with Crippen molar-refractivity contribution >= 4 is 5.69 Å². The van der Waals surface area contributed by atoms with Gasteiger partial charge in [-0.3, -0.25) is 0 Å². The average molecular weight is 204 g/mol. The van der Waals surface area contributed by atoms with Gasteiger partial charge in [-0.1, -0.05) is 25.1 Å². The second kappa shape index (κ2) is 4.67. The largest absolute Gasteiger partial charge is 0.380 e. The summed E-state index contributed by atoms with van der Waals surface area (Å²) in [6.45, 7) is 4.56. The number of para-hydroxylation sites is 1. The Hall–Kier alpha value is -1.02. The lowest BCUT2D eigenvalue weighted by atomic mass is 10.1. The van der Waals surface area contributed by atoms with Crippen LogP contribution in [0.25, 0.3) is 0 Å². The third kappa shape index (κ3) is 2.51. The van der Waals surface area contributed by atoms with Crippen LogP contribution in [-0.2, 0) is 6.42 Å². The van der Waals surface area contributed by atoms with E-state index < -0.39 is 0 Å². The van der Waals surface area contributed by atoms with E-state index in [1.807, 2.05) is 0 Å². The van der Waals surface area contributed by atoms with Crippen LogP contribution in [0.15, 0.2) is 24.3 Å². The van der Waals surface area contributed by atoms with E-state index in [1.54, 1.807) is 0 Å². The molecule has 0 saturated heterocycles. The molecule has 0 fully saturated rings. The molecular weight excluding hydrogens is 184 g/mol. The van der Waals surface area contributed by atoms with Crippen LogP contribution >= 0.6 is 0 Å². The summed E-state index contributed by atoms with van der Waals surface area (Å²) in [7, 11) is 2.20. The van der Waals surface area contributed by atoms with E-state index in [0.717, 1.165) is 6.54 Å². The first kappa shape index (κ1) is 10.5.